The summed E-state index contributed by atoms with van der Waals surface area (Å²) in [5.41, 5.74) is 1.32. The van der Waals surface area contributed by atoms with Crippen molar-refractivity contribution < 1.29 is 9.59 Å². The molecule has 120 valence electrons. The highest BCUT2D eigenvalue weighted by molar-refractivity contribution is 5.97. The van der Waals surface area contributed by atoms with Gasteiger partial charge in [0.05, 0.1) is 0 Å². The number of rotatable bonds is 5. The summed E-state index contributed by atoms with van der Waals surface area (Å²) in [6, 6.07) is 7.08. The van der Waals surface area contributed by atoms with E-state index in [4.69, 9.17) is 0 Å². The van der Waals surface area contributed by atoms with Gasteiger partial charge in [-0.3, -0.25) is 9.59 Å². The predicted octanol–water partition coefficient (Wildman–Crippen LogP) is 3.18. The molecular formula is C18H26N2O2. The molecule has 1 aromatic rings. The van der Waals surface area contributed by atoms with Crippen molar-refractivity contribution >= 4 is 11.8 Å². The molecule has 2 amide bonds. The minimum absolute atomic E-state index is 0.0189. The Labute approximate surface area is 133 Å². The second kappa shape index (κ2) is 7.97. The lowest BCUT2D eigenvalue weighted by Gasteiger charge is -2.26. The summed E-state index contributed by atoms with van der Waals surface area (Å²) in [5, 5.41) is 0. The summed E-state index contributed by atoms with van der Waals surface area (Å²) in [5.74, 6) is 0.100. The highest BCUT2D eigenvalue weighted by atomic mass is 16.2. The van der Waals surface area contributed by atoms with Crippen LogP contribution in [0.15, 0.2) is 24.3 Å². The lowest BCUT2D eigenvalue weighted by atomic mass is 10.1. The van der Waals surface area contributed by atoms with Crippen LogP contribution in [0.3, 0.4) is 0 Å². The highest BCUT2D eigenvalue weighted by Crippen LogP contribution is 2.14. The van der Waals surface area contributed by atoms with Crippen molar-refractivity contribution in [2.75, 3.05) is 26.7 Å². The number of hydrogen-bond acceptors (Lipinski definition) is 2. The Balaban J connectivity index is 2.00. The largest absolute Gasteiger partial charge is 0.342 e. The van der Waals surface area contributed by atoms with Gasteiger partial charge in [-0.25, -0.2) is 0 Å². The van der Waals surface area contributed by atoms with Gasteiger partial charge in [0, 0.05) is 37.8 Å². The van der Waals surface area contributed by atoms with E-state index in [2.05, 4.69) is 6.92 Å². The molecule has 0 aromatic heterocycles. The molecule has 1 aliphatic rings. The van der Waals surface area contributed by atoms with E-state index in [-0.39, 0.29) is 11.8 Å². The van der Waals surface area contributed by atoms with Gasteiger partial charge in [-0.1, -0.05) is 13.3 Å². The van der Waals surface area contributed by atoms with Crippen LogP contribution in [-0.4, -0.2) is 48.3 Å². The predicted molar refractivity (Wildman–Crippen MR) is 88.1 cm³/mol. The van der Waals surface area contributed by atoms with Crippen molar-refractivity contribution in [3.63, 3.8) is 0 Å². The Morgan fingerprint density at radius 2 is 1.64 bits per heavy atom. The smallest absolute Gasteiger partial charge is 0.253 e. The highest BCUT2D eigenvalue weighted by Gasteiger charge is 2.18. The van der Waals surface area contributed by atoms with Gasteiger partial charge in [-0.15, -0.1) is 0 Å². The maximum absolute atomic E-state index is 12.4. The number of carbonyl (C=O) groups is 2. The molecule has 0 aliphatic carbocycles. The molecule has 0 saturated carbocycles. The number of hydrogen-bond donors (Lipinski definition) is 0. The van der Waals surface area contributed by atoms with Gasteiger partial charge in [0.15, 0.2) is 0 Å². The number of benzene rings is 1. The summed E-state index contributed by atoms with van der Waals surface area (Å²) in [7, 11) is 1.82. The normalized spacial score (nSPS) is 14.7. The molecule has 2 rings (SSSR count). The maximum Gasteiger partial charge on any atom is 0.253 e. The summed E-state index contributed by atoms with van der Waals surface area (Å²) < 4.78 is 0. The molecule has 0 atom stereocenters. The molecule has 0 bridgehead atoms. The first-order valence-electron chi connectivity index (χ1n) is 8.28. The van der Waals surface area contributed by atoms with Gasteiger partial charge in [-0.05, 0) is 49.9 Å². The minimum atomic E-state index is 0.0189. The zero-order valence-electron chi connectivity index (χ0n) is 13.7. The van der Waals surface area contributed by atoms with Gasteiger partial charge in [0.1, 0.15) is 0 Å². The molecule has 1 heterocycles. The molecule has 1 saturated heterocycles. The van der Waals surface area contributed by atoms with Crippen LogP contribution >= 0.6 is 0 Å². The third-order valence-corrected chi connectivity index (χ3v) is 4.22. The van der Waals surface area contributed by atoms with Crippen molar-refractivity contribution in [2.45, 2.75) is 39.0 Å². The summed E-state index contributed by atoms with van der Waals surface area (Å²) in [6.07, 6.45) is 5.46. The molecule has 1 fully saturated rings. The molecule has 22 heavy (non-hydrogen) atoms. The Bertz CT molecular complexity index is 504. The molecule has 4 heteroatoms. The number of piperidine rings is 1. The molecule has 4 nitrogen and oxygen atoms in total. The quantitative estimate of drug-likeness (QED) is 0.838. The van der Waals surface area contributed by atoms with Crippen molar-refractivity contribution in [1.82, 2.24) is 9.80 Å². The average molecular weight is 302 g/mol. The second-order valence-corrected chi connectivity index (χ2v) is 6.01. The van der Waals surface area contributed by atoms with Crippen molar-refractivity contribution in [3.8, 4) is 0 Å². The lowest BCUT2D eigenvalue weighted by molar-refractivity contribution is 0.0722. The van der Waals surface area contributed by atoms with Crippen LogP contribution in [0.1, 0.15) is 59.7 Å². The SMILES string of the molecule is CCCCN(C)C(=O)c1ccc(C(=O)N2CCCCC2)cc1. The van der Waals surface area contributed by atoms with Crippen LogP contribution in [0.5, 0.6) is 0 Å². The van der Waals surface area contributed by atoms with Crippen LogP contribution in [0.4, 0.5) is 0 Å². The fourth-order valence-electron chi connectivity index (χ4n) is 2.75. The van der Waals surface area contributed by atoms with Crippen LogP contribution in [0.25, 0.3) is 0 Å². The number of carbonyl (C=O) groups excluding carboxylic acids is 2. The monoisotopic (exact) mass is 302 g/mol. The van der Waals surface area contributed by atoms with Gasteiger partial charge >= 0.3 is 0 Å². The molecule has 0 unspecified atom stereocenters. The molecule has 0 radical (unpaired) electrons. The van der Waals surface area contributed by atoms with E-state index in [0.717, 1.165) is 45.3 Å². The number of likely N-dealkylation sites (tertiary alicyclic amines) is 1. The van der Waals surface area contributed by atoms with Gasteiger partial charge in [0.2, 0.25) is 0 Å². The molecule has 0 N–H and O–H groups in total. The van der Waals surface area contributed by atoms with Crippen molar-refractivity contribution in [2.24, 2.45) is 0 Å². The summed E-state index contributed by atoms with van der Waals surface area (Å²) in [6.45, 7) is 4.57. The fourth-order valence-corrected chi connectivity index (χ4v) is 2.75. The number of nitrogens with zero attached hydrogens (tertiary/aromatic N) is 2. The summed E-state index contributed by atoms with van der Waals surface area (Å²) in [4.78, 5) is 28.3. The Morgan fingerprint density at radius 3 is 2.23 bits per heavy atom. The van der Waals surface area contributed by atoms with Gasteiger partial charge in [0.25, 0.3) is 11.8 Å². The van der Waals surface area contributed by atoms with E-state index in [1.807, 2.05) is 11.9 Å². The van der Waals surface area contributed by atoms with Crippen LogP contribution < -0.4 is 0 Å². The van der Waals surface area contributed by atoms with E-state index >= 15 is 0 Å². The average Bonchev–Trinajstić information content (AvgIpc) is 2.59. The first kappa shape index (κ1) is 16.5. The van der Waals surface area contributed by atoms with Gasteiger partial charge < -0.3 is 9.80 Å². The third-order valence-electron chi connectivity index (χ3n) is 4.22. The minimum Gasteiger partial charge on any atom is -0.342 e. The van der Waals surface area contributed by atoms with Crippen LogP contribution in [-0.2, 0) is 0 Å². The zero-order chi connectivity index (χ0) is 15.9. The second-order valence-electron chi connectivity index (χ2n) is 6.01. The van der Waals surface area contributed by atoms with Crippen molar-refractivity contribution in [3.05, 3.63) is 35.4 Å². The molecular weight excluding hydrogens is 276 g/mol. The van der Waals surface area contributed by atoms with E-state index in [0.29, 0.717) is 11.1 Å². The topological polar surface area (TPSA) is 40.6 Å². The fraction of sp³-hybridized carbons (Fsp3) is 0.556. The Kier molecular flexibility index (Phi) is 5.99. The van der Waals surface area contributed by atoms with Crippen LogP contribution in [0.2, 0.25) is 0 Å². The van der Waals surface area contributed by atoms with E-state index in [1.54, 1.807) is 29.2 Å². The van der Waals surface area contributed by atoms with E-state index < -0.39 is 0 Å². The molecule has 1 aromatic carbocycles. The van der Waals surface area contributed by atoms with Crippen LogP contribution in [0, 0.1) is 0 Å². The maximum atomic E-state index is 12.4. The zero-order valence-corrected chi connectivity index (χ0v) is 13.7. The van der Waals surface area contributed by atoms with Gasteiger partial charge in [-0.2, -0.15) is 0 Å². The molecule has 1 aliphatic heterocycles. The Morgan fingerprint density at radius 1 is 1.05 bits per heavy atom. The lowest BCUT2D eigenvalue weighted by Crippen LogP contribution is -2.35. The molecule has 0 spiro atoms. The first-order valence-corrected chi connectivity index (χ1v) is 8.28. The number of unbranched alkanes of at least 4 members (excludes halogenated alkanes) is 1. The Hall–Kier alpha value is -1.84. The standard InChI is InChI=1S/C18H26N2O2/c1-3-4-12-19(2)17(21)15-8-10-16(11-9-15)18(22)20-13-6-5-7-14-20/h8-11H,3-7,12-14H2,1-2H3. The van der Waals surface area contributed by atoms with Crippen molar-refractivity contribution in [1.29, 1.82) is 0 Å². The van der Waals surface area contributed by atoms with E-state index in [9.17, 15) is 9.59 Å². The summed E-state index contributed by atoms with van der Waals surface area (Å²) >= 11 is 0. The number of amides is 2. The van der Waals surface area contributed by atoms with E-state index in [1.165, 1.54) is 6.42 Å². The first-order chi connectivity index (χ1) is 10.6. The third kappa shape index (κ3) is 4.09.